The minimum atomic E-state index is -0.209. The van der Waals surface area contributed by atoms with Gasteiger partial charge in [-0.3, -0.25) is 0 Å². The van der Waals surface area contributed by atoms with E-state index in [2.05, 4.69) is 9.88 Å². The zero-order chi connectivity index (χ0) is 9.97. The van der Waals surface area contributed by atoms with Crippen LogP contribution in [0, 0.1) is 0 Å². The van der Waals surface area contributed by atoms with Crippen molar-refractivity contribution in [3.63, 3.8) is 0 Å². The van der Waals surface area contributed by atoms with Crippen LogP contribution in [0.1, 0.15) is 6.42 Å². The lowest BCUT2D eigenvalue weighted by molar-refractivity contribution is 0.198. The SMILES string of the molecule is COc1ccc(N2CC[C@@H](O)C2)nc1. The highest BCUT2D eigenvalue weighted by Gasteiger charge is 2.20. The van der Waals surface area contributed by atoms with E-state index >= 15 is 0 Å². The van der Waals surface area contributed by atoms with E-state index < -0.39 is 0 Å². The summed E-state index contributed by atoms with van der Waals surface area (Å²) in [6.07, 6.45) is 2.31. The number of β-amino-alcohol motifs (C(OH)–C–C–N with tert-alkyl or cyclic N) is 1. The van der Waals surface area contributed by atoms with Crippen molar-refractivity contribution in [2.45, 2.75) is 12.5 Å². The van der Waals surface area contributed by atoms with Crippen LogP contribution in [0.25, 0.3) is 0 Å². The highest BCUT2D eigenvalue weighted by Crippen LogP contribution is 2.19. The largest absolute Gasteiger partial charge is 0.495 e. The molecule has 0 aliphatic carbocycles. The molecule has 14 heavy (non-hydrogen) atoms. The molecule has 4 nitrogen and oxygen atoms in total. The minimum Gasteiger partial charge on any atom is -0.495 e. The monoisotopic (exact) mass is 194 g/mol. The number of methoxy groups -OCH3 is 1. The maximum atomic E-state index is 9.37. The van der Waals surface area contributed by atoms with Crippen LogP contribution < -0.4 is 9.64 Å². The van der Waals surface area contributed by atoms with Gasteiger partial charge in [0.25, 0.3) is 0 Å². The Hall–Kier alpha value is -1.29. The summed E-state index contributed by atoms with van der Waals surface area (Å²) in [5.41, 5.74) is 0. The van der Waals surface area contributed by atoms with Gasteiger partial charge in [0, 0.05) is 13.1 Å². The van der Waals surface area contributed by atoms with Gasteiger partial charge in [-0.15, -0.1) is 0 Å². The number of aliphatic hydroxyl groups excluding tert-OH is 1. The Kier molecular flexibility index (Phi) is 2.54. The zero-order valence-electron chi connectivity index (χ0n) is 8.18. The Balaban J connectivity index is 2.09. The van der Waals surface area contributed by atoms with Gasteiger partial charge in [0.1, 0.15) is 11.6 Å². The van der Waals surface area contributed by atoms with E-state index in [4.69, 9.17) is 4.74 Å². The highest BCUT2D eigenvalue weighted by atomic mass is 16.5. The van der Waals surface area contributed by atoms with Gasteiger partial charge in [0.2, 0.25) is 0 Å². The Bertz CT molecular complexity index is 299. The van der Waals surface area contributed by atoms with Gasteiger partial charge < -0.3 is 14.7 Å². The second-order valence-corrected chi connectivity index (χ2v) is 3.44. The van der Waals surface area contributed by atoms with Crippen LogP contribution in [-0.2, 0) is 0 Å². The molecule has 0 amide bonds. The Labute approximate surface area is 83.1 Å². The predicted octanol–water partition coefficient (Wildman–Crippen LogP) is 0.661. The van der Waals surface area contributed by atoms with Crippen molar-refractivity contribution in [1.82, 2.24) is 4.98 Å². The topological polar surface area (TPSA) is 45.6 Å². The molecule has 0 bridgehead atoms. The molecule has 1 saturated heterocycles. The number of hydrogen-bond acceptors (Lipinski definition) is 4. The van der Waals surface area contributed by atoms with Gasteiger partial charge in [-0.1, -0.05) is 0 Å². The summed E-state index contributed by atoms with van der Waals surface area (Å²) in [5, 5.41) is 9.37. The van der Waals surface area contributed by atoms with Gasteiger partial charge in [-0.25, -0.2) is 4.98 Å². The van der Waals surface area contributed by atoms with E-state index in [9.17, 15) is 5.11 Å². The average molecular weight is 194 g/mol. The summed E-state index contributed by atoms with van der Waals surface area (Å²) >= 11 is 0. The Morgan fingerprint density at radius 2 is 2.43 bits per heavy atom. The smallest absolute Gasteiger partial charge is 0.137 e. The summed E-state index contributed by atoms with van der Waals surface area (Å²) in [6, 6.07) is 3.80. The van der Waals surface area contributed by atoms with Crippen molar-refractivity contribution in [1.29, 1.82) is 0 Å². The molecule has 1 fully saturated rings. The van der Waals surface area contributed by atoms with E-state index in [1.54, 1.807) is 13.3 Å². The summed E-state index contributed by atoms with van der Waals surface area (Å²) in [6.45, 7) is 1.56. The normalized spacial score (nSPS) is 21.3. The molecular formula is C10H14N2O2. The first-order valence-electron chi connectivity index (χ1n) is 4.72. The number of rotatable bonds is 2. The van der Waals surface area contributed by atoms with Crippen LogP contribution in [0.5, 0.6) is 5.75 Å². The Morgan fingerprint density at radius 3 is 2.93 bits per heavy atom. The maximum absolute atomic E-state index is 9.37. The molecule has 0 aromatic carbocycles. The first-order chi connectivity index (χ1) is 6.79. The third kappa shape index (κ3) is 1.80. The summed E-state index contributed by atoms with van der Waals surface area (Å²) < 4.78 is 5.02. The lowest BCUT2D eigenvalue weighted by Crippen LogP contribution is -2.21. The fourth-order valence-corrected chi connectivity index (χ4v) is 1.63. The lowest BCUT2D eigenvalue weighted by Gasteiger charge is -2.16. The fraction of sp³-hybridized carbons (Fsp3) is 0.500. The van der Waals surface area contributed by atoms with E-state index in [0.717, 1.165) is 24.5 Å². The van der Waals surface area contributed by atoms with Crippen LogP contribution in [0.4, 0.5) is 5.82 Å². The fourth-order valence-electron chi connectivity index (χ4n) is 1.63. The quantitative estimate of drug-likeness (QED) is 0.751. The molecule has 0 spiro atoms. The molecule has 1 aliphatic rings. The molecule has 2 heterocycles. The molecule has 1 aliphatic heterocycles. The molecule has 0 saturated carbocycles. The van der Waals surface area contributed by atoms with Crippen LogP contribution >= 0.6 is 0 Å². The second-order valence-electron chi connectivity index (χ2n) is 3.44. The number of pyridine rings is 1. The van der Waals surface area contributed by atoms with Crippen molar-refractivity contribution >= 4 is 5.82 Å². The van der Waals surface area contributed by atoms with E-state index in [-0.39, 0.29) is 6.10 Å². The van der Waals surface area contributed by atoms with E-state index in [0.29, 0.717) is 6.54 Å². The van der Waals surface area contributed by atoms with Gasteiger partial charge in [-0.05, 0) is 18.6 Å². The minimum absolute atomic E-state index is 0.209. The van der Waals surface area contributed by atoms with Gasteiger partial charge in [0.05, 0.1) is 19.4 Å². The zero-order valence-corrected chi connectivity index (χ0v) is 8.18. The average Bonchev–Trinajstić information content (AvgIpc) is 2.65. The molecule has 2 rings (SSSR count). The number of nitrogens with zero attached hydrogens (tertiary/aromatic N) is 2. The number of hydrogen-bond donors (Lipinski definition) is 1. The predicted molar refractivity (Wildman–Crippen MR) is 53.6 cm³/mol. The second kappa shape index (κ2) is 3.84. The molecule has 76 valence electrons. The molecular weight excluding hydrogens is 180 g/mol. The number of aliphatic hydroxyl groups is 1. The van der Waals surface area contributed by atoms with Crippen LogP contribution in [0.3, 0.4) is 0 Å². The molecule has 4 heteroatoms. The van der Waals surface area contributed by atoms with Crippen LogP contribution in [-0.4, -0.2) is 36.4 Å². The standard InChI is InChI=1S/C10H14N2O2/c1-14-9-2-3-10(11-6-9)12-5-4-8(13)7-12/h2-3,6,8,13H,4-5,7H2,1H3/t8-/m1/s1. The third-order valence-electron chi connectivity index (χ3n) is 2.44. The van der Waals surface area contributed by atoms with E-state index in [1.165, 1.54) is 0 Å². The summed E-state index contributed by atoms with van der Waals surface area (Å²) in [4.78, 5) is 6.33. The number of aromatic nitrogens is 1. The molecule has 1 aromatic heterocycles. The maximum Gasteiger partial charge on any atom is 0.137 e. The first kappa shape index (κ1) is 9.27. The summed E-state index contributed by atoms with van der Waals surface area (Å²) in [7, 11) is 1.62. The molecule has 0 radical (unpaired) electrons. The van der Waals surface area contributed by atoms with Crippen molar-refractivity contribution < 1.29 is 9.84 Å². The van der Waals surface area contributed by atoms with Gasteiger partial charge >= 0.3 is 0 Å². The van der Waals surface area contributed by atoms with Gasteiger partial charge in [0.15, 0.2) is 0 Å². The van der Waals surface area contributed by atoms with Crippen LogP contribution in [0.2, 0.25) is 0 Å². The first-order valence-corrected chi connectivity index (χ1v) is 4.72. The van der Waals surface area contributed by atoms with Crippen LogP contribution in [0.15, 0.2) is 18.3 Å². The van der Waals surface area contributed by atoms with Crippen molar-refractivity contribution in [3.05, 3.63) is 18.3 Å². The van der Waals surface area contributed by atoms with Gasteiger partial charge in [-0.2, -0.15) is 0 Å². The molecule has 1 aromatic rings. The Morgan fingerprint density at radius 1 is 1.57 bits per heavy atom. The molecule has 1 N–H and O–H groups in total. The van der Waals surface area contributed by atoms with Crippen molar-refractivity contribution in [3.8, 4) is 5.75 Å². The highest BCUT2D eigenvalue weighted by molar-refractivity contribution is 5.41. The third-order valence-corrected chi connectivity index (χ3v) is 2.44. The van der Waals surface area contributed by atoms with E-state index in [1.807, 2.05) is 12.1 Å². The van der Waals surface area contributed by atoms with Crippen molar-refractivity contribution in [2.75, 3.05) is 25.1 Å². The number of ether oxygens (including phenoxy) is 1. The molecule has 1 atom stereocenters. The summed E-state index contributed by atoms with van der Waals surface area (Å²) in [5.74, 6) is 1.66. The number of anilines is 1. The lowest BCUT2D eigenvalue weighted by atomic mass is 10.3. The molecule has 0 unspecified atom stereocenters. The van der Waals surface area contributed by atoms with Crippen molar-refractivity contribution in [2.24, 2.45) is 0 Å².